The highest BCUT2D eigenvalue weighted by atomic mass is 32.2. The van der Waals surface area contributed by atoms with E-state index in [-0.39, 0.29) is 6.04 Å². The van der Waals surface area contributed by atoms with Crippen LogP contribution in [0.25, 0.3) is 0 Å². The van der Waals surface area contributed by atoms with E-state index in [1.807, 2.05) is 13.8 Å². The molecule has 1 saturated heterocycles. The Bertz CT molecular complexity index is 275. The van der Waals surface area contributed by atoms with Crippen molar-refractivity contribution in [1.29, 1.82) is 0 Å². The molecule has 0 aromatic heterocycles. The third kappa shape index (κ3) is 3.41. The molecule has 1 aliphatic rings. The van der Waals surface area contributed by atoms with Crippen LogP contribution in [0, 0.1) is 0 Å². The molecule has 0 spiro atoms. The van der Waals surface area contributed by atoms with E-state index in [9.17, 15) is 8.42 Å². The van der Waals surface area contributed by atoms with Crippen LogP contribution in [-0.2, 0) is 10.2 Å². The van der Waals surface area contributed by atoms with E-state index < -0.39 is 10.2 Å². The molecule has 2 N–H and O–H groups in total. The summed E-state index contributed by atoms with van der Waals surface area (Å²) in [5.74, 6) is 0. The number of nitrogens with one attached hydrogen (secondary N) is 2. The van der Waals surface area contributed by atoms with Crippen LogP contribution in [0.15, 0.2) is 0 Å². The molecule has 5 nitrogen and oxygen atoms in total. The van der Waals surface area contributed by atoms with Gasteiger partial charge in [0.25, 0.3) is 10.2 Å². The van der Waals surface area contributed by atoms with Crippen molar-refractivity contribution in [3.63, 3.8) is 0 Å². The van der Waals surface area contributed by atoms with Gasteiger partial charge in [0.05, 0.1) is 6.04 Å². The second-order valence-corrected chi connectivity index (χ2v) is 5.53. The lowest BCUT2D eigenvalue weighted by atomic mass is 10.2. The lowest BCUT2D eigenvalue weighted by molar-refractivity contribution is 0.239. The van der Waals surface area contributed by atoms with E-state index in [2.05, 4.69) is 10.0 Å². The van der Waals surface area contributed by atoms with Gasteiger partial charge in [-0.15, -0.1) is 0 Å². The fraction of sp³-hybridized carbons (Fsp3) is 1.00. The largest absolute Gasteiger partial charge is 0.313 e. The van der Waals surface area contributed by atoms with Gasteiger partial charge in [-0.2, -0.15) is 12.7 Å². The first-order valence-electron chi connectivity index (χ1n) is 5.59. The summed E-state index contributed by atoms with van der Waals surface area (Å²) in [4.78, 5) is 0. The summed E-state index contributed by atoms with van der Waals surface area (Å²) >= 11 is 0. The van der Waals surface area contributed by atoms with Gasteiger partial charge in [-0.1, -0.05) is 13.8 Å². The molecule has 0 amide bonds. The van der Waals surface area contributed by atoms with Crippen molar-refractivity contribution < 1.29 is 8.42 Å². The fourth-order valence-electron chi connectivity index (χ4n) is 1.51. The van der Waals surface area contributed by atoms with Crippen LogP contribution in [-0.4, -0.2) is 44.9 Å². The van der Waals surface area contributed by atoms with Gasteiger partial charge in [-0.25, -0.2) is 4.72 Å². The minimum Gasteiger partial charge on any atom is -0.313 e. The fourth-order valence-corrected chi connectivity index (χ4v) is 3.10. The van der Waals surface area contributed by atoms with Crippen LogP contribution in [0.1, 0.15) is 26.7 Å². The highest BCUT2D eigenvalue weighted by Gasteiger charge is 2.32. The second kappa shape index (κ2) is 5.79. The molecule has 0 bridgehead atoms. The third-order valence-corrected chi connectivity index (χ3v) is 4.12. The SMILES string of the molecule is CCCNS(=O)(=O)N(CCC)C1CNC1. The van der Waals surface area contributed by atoms with Crippen LogP contribution < -0.4 is 10.0 Å². The molecule has 1 aliphatic heterocycles. The van der Waals surface area contributed by atoms with Gasteiger partial charge in [0.1, 0.15) is 0 Å². The Kier molecular flexibility index (Phi) is 4.98. The molecule has 0 aromatic carbocycles. The molecule has 0 aromatic rings. The minimum atomic E-state index is -3.26. The first-order chi connectivity index (χ1) is 7.11. The van der Waals surface area contributed by atoms with E-state index in [4.69, 9.17) is 0 Å². The maximum Gasteiger partial charge on any atom is 0.279 e. The van der Waals surface area contributed by atoms with Crippen molar-refractivity contribution in [1.82, 2.24) is 14.3 Å². The summed E-state index contributed by atoms with van der Waals surface area (Å²) < 4.78 is 28.0. The zero-order valence-corrected chi connectivity index (χ0v) is 10.3. The molecule has 6 heteroatoms. The van der Waals surface area contributed by atoms with E-state index in [0.717, 1.165) is 25.9 Å². The number of hydrogen-bond acceptors (Lipinski definition) is 3. The summed E-state index contributed by atoms with van der Waals surface area (Å²) in [6.07, 6.45) is 1.67. The van der Waals surface area contributed by atoms with Crippen molar-refractivity contribution >= 4 is 10.2 Å². The van der Waals surface area contributed by atoms with Gasteiger partial charge in [-0.05, 0) is 12.8 Å². The Balaban J connectivity index is 2.60. The summed E-state index contributed by atoms with van der Waals surface area (Å²) in [5, 5.41) is 3.09. The Labute approximate surface area is 92.4 Å². The van der Waals surface area contributed by atoms with Gasteiger partial charge in [-0.3, -0.25) is 0 Å². The van der Waals surface area contributed by atoms with Crippen molar-refractivity contribution in [3.05, 3.63) is 0 Å². The Morgan fingerprint density at radius 2 is 2.00 bits per heavy atom. The number of rotatable bonds is 7. The molecule has 15 heavy (non-hydrogen) atoms. The van der Waals surface area contributed by atoms with Crippen LogP contribution >= 0.6 is 0 Å². The van der Waals surface area contributed by atoms with E-state index in [0.29, 0.717) is 13.1 Å². The topological polar surface area (TPSA) is 61.4 Å². The molecule has 0 atom stereocenters. The predicted molar refractivity (Wildman–Crippen MR) is 60.9 cm³/mol. The van der Waals surface area contributed by atoms with Crippen molar-refractivity contribution in [2.75, 3.05) is 26.2 Å². The monoisotopic (exact) mass is 235 g/mol. The average molecular weight is 235 g/mol. The van der Waals surface area contributed by atoms with Gasteiger partial charge in [0.15, 0.2) is 0 Å². The Hall–Kier alpha value is -0.170. The molecule has 0 aliphatic carbocycles. The quantitative estimate of drug-likeness (QED) is 0.648. The van der Waals surface area contributed by atoms with Crippen LogP contribution in [0.2, 0.25) is 0 Å². The molecule has 1 fully saturated rings. The number of hydrogen-bond donors (Lipinski definition) is 2. The van der Waals surface area contributed by atoms with Crippen molar-refractivity contribution in [3.8, 4) is 0 Å². The second-order valence-electron chi connectivity index (χ2n) is 3.82. The van der Waals surface area contributed by atoms with E-state index in [1.165, 1.54) is 0 Å². The van der Waals surface area contributed by atoms with E-state index >= 15 is 0 Å². The van der Waals surface area contributed by atoms with Crippen LogP contribution in [0.3, 0.4) is 0 Å². The van der Waals surface area contributed by atoms with Crippen LogP contribution in [0.4, 0.5) is 0 Å². The summed E-state index contributed by atoms with van der Waals surface area (Å²) in [6, 6.07) is 0.138. The first-order valence-corrected chi connectivity index (χ1v) is 7.03. The zero-order valence-electron chi connectivity index (χ0n) is 9.49. The van der Waals surface area contributed by atoms with Gasteiger partial charge in [0.2, 0.25) is 0 Å². The predicted octanol–water partition coefficient (Wildman–Crippen LogP) is -0.0854. The maximum absolute atomic E-state index is 11.9. The van der Waals surface area contributed by atoms with Crippen molar-refractivity contribution in [2.24, 2.45) is 0 Å². The zero-order chi connectivity index (χ0) is 11.3. The molecular weight excluding hydrogens is 214 g/mol. The third-order valence-electron chi connectivity index (χ3n) is 2.45. The van der Waals surface area contributed by atoms with E-state index in [1.54, 1.807) is 4.31 Å². The molecular formula is C9H21N3O2S. The Morgan fingerprint density at radius 3 is 2.40 bits per heavy atom. The molecule has 1 rings (SSSR count). The summed E-state index contributed by atoms with van der Waals surface area (Å²) in [7, 11) is -3.26. The van der Waals surface area contributed by atoms with Gasteiger partial charge in [0, 0.05) is 26.2 Å². The minimum absolute atomic E-state index is 0.138. The van der Waals surface area contributed by atoms with Gasteiger partial charge < -0.3 is 5.32 Å². The Morgan fingerprint density at radius 1 is 1.33 bits per heavy atom. The standard InChI is InChI=1S/C9H21N3O2S/c1-3-5-11-15(13,14)12(6-4-2)9-7-10-8-9/h9-11H,3-8H2,1-2H3. The molecule has 0 unspecified atom stereocenters. The number of nitrogens with zero attached hydrogens (tertiary/aromatic N) is 1. The molecule has 0 radical (unpaired) electrons. The normalized spacial score (nSPS) is 18.1. The molecule has 0 saturated carbocycles. The van der Waals surface area contributed by atoms with Crippen LogP contribution in [0.5, 0.6) is 0 Å². The summed E-state index contributed by atoms with van der Waals surface area (Å²) in [5.41, 5.74) is 0. The maximum atomic E-state index is 11.9. The smallest absolute Gasteiger partial charge is 0.279 e. The van der Waals surface area contributed by atoms with Gasteiger partial charge >= 0.3 is 0 Å². The highest BCUT2D eigenvalue weighted by molar-refractivity contribution is 7.87. The molecule has 1 heterocycles. The lowest BCUT2D eigenvalue weighted by Crippen LogP contribution is -2.60. The van der Waals surface area contributed by atoms with Crippen molar-refractivity contribution in [2.45, 2.75) is 32.7 Å². The average Bonchev–Trinajstić information content (AvgIpc) is 2.11. The lowest BCUT2D eigenvalue weighted by Gasteiger charge is -2.37. The summed E-state index contributed by atoms with van der Waals surface area (Å²) in [6.45, 7) is 6.61. The highest BCUT2D eigenvalue weighted by Crippen LogP contribution is 2.10. The first kappa shape index (κ1) is 12.9. The molecule has 90 valence electrons.